The summed E-state index contributed by atoms with van der Waals surface area (Å²) in [5.41, 5.74) is 2.02. The van der Waals surface area contributed by atoms with Crippen molar-refractivity contribution in [3.8, 4) is 0 Å². The molecule has 1 aliphatic rings. The Morgan fingerprint density at radius 2 is 2.03 bits per heavy atom. The fraction of sp³-hybridized carbons (Fsp3) is 0.318. The number of amides is 2. The van der Waals surface area contributed by atoms with Gasteiger partial charge in [-0.05, 0) is 43.2 Å². The van der Waals surface area contributed by atoms with Gasteiger partial charge in [-0.25, -0.2) is 13.3 Å². The van der Waals surface area contributed by atoms with E-state index in [1.165, 1.54) is 17.2 Å². The first kappa shape index (κ1) is 20.8. The van der Waals surface area contributed by atoms with E-state index in [0.29, 0.717) is 29.6 Å². The van der Waals surface area contributed by atoms with Crippen molar-refractivity contribution in [2.24, 2.45) is 0 Å². The molecule has 1 atom stereocenters. The van der Waals surface area contributed by atoms with E-state index in [-0.39, 0.29) is 18.5 Å². The molecule has 1 unspecified atom stereocenters. The fourth-order valence-electron chi connectivity index (χ4n) is 3.90. The number of anilines is 1. The Hall–Kier alpha value is -3.49. The Kier molecular flexibility index (Phi) is 5.58. The number of nitrogens with zero attached hydrogens (tertiary/aromatic N) is 4. The minimum atomic E-state index is -0.472. The zero-order valence-electron chi connectivity index (χ0n) is 17.3. The van der Waals surface area contributed by atoms with Crippen LogP contribution < -0.4 is 10.2 Å². The van der Waals surface area contributed by atoms with Crippen LogP contribution >= 0.6 is 0 Å². The van der Waals surface area contributed by atoms with E-state index in [4.69, 9.17) is 0 Å². The van der Waals surface area contributed by atoms with Crippen molar-refractivity contribution in [2.75, 3.05) is 32.1 Å². The highest BCUT2D eigenvalue weighted by molar-refractivity contribution is 6.02. The van der Waals surface area contributed by atoms with Crippen LogP contribution in [0.25, 0.3) is 5.52 Å². The molecule has 0 radical (unpaired) electrons. The van der Waals surface area contributed by atoms with Gasteiger partial charge in [-0.1, -0.05) is 0 Å². The molecule has 1 saturated heterocycles. The summed E-state index contributed by atoms with van der Waals surface area (Å²) in [5, 5.41) is 6.81. The van der Waals surface area contributed by atoms with Crippen LogP contribution in [-0.2, 0) is 4.79 Å². The second-order valence-electron chi connectivity index (χ2n) is 7.76. The Balaban J connectivity index is 1.63. The van der Waals surface area contributed by atoms with Gasteiger partial charge >= 0.3 is 0 Å². The lowest BCUT2D eigenvalue weighted by atomic mass is 10.0. The zero-order chi connectivity index (χ0) is 22.1. The van der Waals surface area contributed by atoms with Crippen molar-refractivity contribution in [1.29, 1.82) is 0 Å². The van der Waals surface area contributed by atoms with Gasteiger partial charge in [-0.2, -0.15) is 5.10 Å². The molecule has 1 fully saturated rings. The predicted octanol–water partition coefficient (Wildman–Crippen LogP) is 2.77. The topological polar surface area (TPSA) is 70.0 Å². The Labute approximate surface area is 178 Å². The highest BCUT2D eigenvalue weighted by Crippen LogP contribution is 2.38. The summed E-state index contributed by atoms with van der Waals surface area (Å²) in [5.74, 6) is -1.53. The minimum absolute atomic E-state index is 0.115. The average Bonchev–Trinajstić information content (AvgIpc) is 3.40. The summed E-state index contributed by atoms with van der Waals surface area (Å²) in [7, 11) is 3.23. The normalized spacial score (nSPS) is 16.0. The third-order valence-corrected chi connectivity index (χ3v) is 5.55. The van der Waals surface area contributed by atoms with E-state index < -0.39 is 17.5 Å². The van der Waals surface area contributed by atoms with Crippen LogP contribution in [-0.4, -0.2) is 53.5 Å². The van der Waals surface area contributed by atoms with E-state index in [0.717, 1.165) is 24.2 Å². The number of rotatable bonds is 5. The van der Waals surface area contributed by atoms with Crippen molar-refractivity contribution in [1.82, 2.24) is 19.8 Å². The third kappa shape index (κ3) is 4.08. The summed E-state index contributed by atoms with van der Waals surface area (Å²) < 4.78 is 29.7. The van der Waals surface area contributed by atoms with Crippen molar-refractivity contribution in [3.05, 3.63) is 65.5 Å². The molecule has 1 aromatic carbocycles. The molecule has 2 amide bonds. The lowest BCUT2D eigenvalue weighted by molar-refractivity contribution is -0.127. The first-order valence-electron chi connectivity index (χ1n) is 10.0. The van der Waals surface area contributed by atoms with Gasteiger partial charge in [0.15, 0.2) is 0 Å². The molecule has 9 heteroatoms. The van der Waals surface area contributed by atoms with E-state index >= 15 is 0 Å². The monoisotopic (exact) mass is 427 g/mol. The quantitative estimate of drug-likeness (QED) is 0.680. The number of nitrogens with one attached hydrogen (secondary N) is 1. The second-order valence-corrected chi connectivity index (χ2v) is 7.76. The first-order chi connectivity index (χ1) is 14.8. The van der Waals surface area contributed by atoms with Gasteiger partial charge in [0.25, 0.3) is 5.91 Å². The fourth-order valence-corrected chi connectivity index (χ4v) is 3.90. The van der Waals surface area contributed by atoms with Gasteiger partial charge in [0, 0.05) is 38.1 Å². The summed E-state index contributed by atoms with van der Waals surface area (Å²) in [4.78, 5) is 27.8. The molecule has 0 aliphatic carbocycles. The SMILES string of the molecule is CN(C)C(=O)CNC(=O)c1cnn2ccc(N3CCCC3c3cc(F)ccc3F)cc12. The Bertz CT molecular complexity index is 1140. The first-order valence-corrected chi connectivity index (χ1v) is 10.0. The van der Waals surface area contributed by atoms with Crippen molar-refractivity contribution >= 4 is 23.0 Å². The zero-order valence-corrected chi connectivity index (χ0v) is 17.3. The number of benzene rings is 1. The van der Waals surface area contributed by atoms with Gasteiger partial charge < -0.3 is 15.1 Å². The van der Waals surface area contributed by atoms with Gasteiger partial charge in [-0.15, -0.1) is 0 Å². The largest absolute Gasteiger partial charge is 0.364 e. The molecular formula is C22H23F2N5O2. The van der Waals surface area contributed by atoms with Crippen LogP contribution in [0.15, 0.2) is 42.7 Å². The van der Waals surface area contributed by atoms with Crippen molar-refractivity contribution < 1.29 is 18.4 Å². The molecule has 0 saturated carbocycles. The molecule has 162 valence electrons. The molecular weight excluding hydrogens is 404 g/mol. The second kappa shape index (κ2) is 8.33. The summed E-state index contributed by atoms with van der Waals surface area (Å²) in [6.45, 7) is 0.569. The molecule has 3 heterocycles. The number of carbonyl (C=O) groups is 2. The van der Waals surface area contributed by atoms with Crippen LogP contribution in [0, 0.1) is 11.6 Å². The molecule has 3 aromatic rings. The summed E-state index contributed by atoms with van der Waals surface area (Å²) >= 11 is 0. The number of hydrogen-bond donors (Lipinski definition) is 1. The number of halogens is 2. The van der Waals surface area contributed by atoms with Gasteiger partial charge in [-0.3, -0.25) is 9.59 Å². The number of pyridine rings is 1. The number of carbonyl (C=O) groups excluding carboxylic acids is 2. The molecule has 2 aromatic heterocycles. The van der Waals surface area contributed by atoms with Crippen molar-refractivity contribution in [2.45, 2.75) is 18.9 Å². The standard InChI is InChI=1S/C22H23F2N5O2/c1-27(2)21(30)13-25-22(31)17-12-26-29-9-7-15(11-20(17)29)28-8-3-4-19(28)16-10-14(23)5-6-18(16)24/h5-7,9-12,19H,3-4,8,13H2,1-2H3,(H,25,31). The van der Waals surface area contributed by atoms with E-state index in [2.05, 4.69) is 10.4 Å². The summed E-state index contributed by atoms with van der Waals surface area (Å²) in [6, 6.07) is 6.87. The van der Waals surface area contributed by atoms with Crippen LogP contribution in [0.3, 0.4) is 0 Å². The van der Waals surface area contributed by atoms with E-state index in [1.807, 2.05) is 17.0 Å². The molecule has 4 rings (SSSR count). The molecule has 1 aliphatic heterocycles. The lowest BCUT2D eigenvalue weighted by Gasteiger charge is -2.27. The van der Waals surface area contributed by atoms with Crippen LogP contribution in [0.1, 0.15) is 34.8 Å². The minimum Gasteiger partial charge on any atom is -0.364 e. The Morgan fingerprint density at radius 1 is 1.23 bits per heavy atom. The number of hydrogen-bond acceptors (Lipinski definition) is 4. The lowest BCUT2D eigenvalue weighted by Crippen LogP contribution is -2.36. The molecule has 0 bridgehead atoms. The molecule has 31 heavy (non-hydrogen) atoms. The maximum Gasteiger partial charge on any atom is 0.255 e. The van der Waals surface area contributed by atoms with E-state index in [1.54, 1.807) is 24.8 Å². The average molecular weight is 427 g/mol. The number of likely N-dealkylation sites (N-methyl/N-ethyl adjacent to an activating group) is 1. The van der Waals surface area contributed by atoms with Gasteiger partial charge in [0.2, 0.25) is 5.91 Å². The van der Waals surface area contributed by atoms with Crippen LogP contribution in [0.5, 0.6) is 0 Å². The highest BCUT2D eigenvalue weighted by Gasteiger charge is 2.29. The number of aromatic nitrogens is 2. The number of fused-ring (bicyclic) bond motifs is 1. The van der Waals surface area contributed by atoms with Gasteiger partial charge in [0.1, 0.15) is 11.6 Å². The van der Waals surface area contributed by atoms with Crippen LogP contribution in [0.2, 0.25) is 0 Å². The molecule has 0 spiro atoms. The predicted molar refractivity (Wildman–Crippen MR) is 112 cm³/mol. The third-order valence-electron chi connectivity index (χ3n) is 5.55. The van der Waals surface area contributed by atoms with Crippen molar-refractivity contribution in [3.63, 3.8) is 0 Å². The molecule has 1 N–H and O–H groups in total. The summed E-state index contributed by atoms with van der Waals surface area (Å²) in [6.07, 6.45) is 4.71. The maximum atomic E-state index is 14.4. The van der Waals surface area contributed by atoms with E-state index in [9.17, 15) is 18.4 Å². The highest BCUT2D eigenvalue weighted by atomic mass is 19.1. The maximum absolute atomic E-state index is 14.4. The smallest absolute Gasteiger partial charge is 0.255 e. The molecule has 7 nitrogen and oxygen atoms in total. The van der Waals surface area contributed by atoms with Crippen LogP contribution in [0.4, 0.5) is 14.5 Å². The van der Waals surface area contributed by atoms with Gasteiger partial charge in [0.05, 0.1) is 29.9 Å². The Morgan fingerprint density at radius 3 is 2.81 bits per heavy atom.